The maximum atomic E-state index is 5.05. The summed E-state index contributed by atoms with van der Waals surface area (Å²) in [4.78, 5) is 0. The zero-order valence-electron chi connectivity index (χ0n) is 11.1. The van der Waals surface area contributed by atoms with Gasteiger partial charge in [0.2, 0.25) is 0 Å². The van der Waals surface area contributed by atoms with Crippen LogP contribution in [0.5, 0.6) is 0 Å². The van der Waals surface area contributed by atoms with Crippen LogP contribution in [0, 0.1) is 5.41 Å². The van der Waals surface area contributed by atoms with Crippen molar-refractivity contribution in [1.29, 1.82) is 0 Å². The second-order valence-corrected chi connectivity index (χ2v) is 6.52. The molecular formula is C13H27NOS. The van der Waals surface area contributed by atoms with E-state index < -0.39 is 0 Å². The highest BCUT2D eigenvalue weighted by Crippen LogP contribution is 2.33. The van der Waals surface area contributed by atoms with E-state index in [1.54, 1.807) is 7.11 Å². The Labute approximate surface area is 105 Å². The monoisotopic (exact) mass is 245 g/mol. The van der Waals surface area contributed by atoms with E-state index in [4.69, 9.17) is 4.74 Å². The van der Waals surface area contributed by atoms with Crippen LogP contribution < -0.4 is 5.32 Å². The molecule has 0 saturated carbocycles. The molecule has 0 spiro atoms. The third-order valence-corrected chi connectivity index (χ3v) is 4.60. The molecule has 0 amide bonds. The molecule has 0 radical (unpaired) electrons. The molecule has 1 fully saturated rings. The van der Waals surface area contributed by atoms with E-state index in [1.165, 1.54) is 43.7 Å². The van der Waals surface area contributed by atoms with E-state index in [-0.39, 0.29) is 0 Å². The fourth-order valence-corrected chi connectivity index (χ4v) is 3.74. The van der Waals surface area contributed by atoms with Crippen LogP contribution in [0.1, 0.15) is 39.5 Å². The lowest BCUT2D eigenvalue weighted by Crippen LogP contribution is -2.46. The number of hydrogen-bond donors (Lipinski definition) is 1. The minimum atomic E-state index is 0.484. The number of rotatable bonds is 7. The van der Waals surface area contributed by atoms with E-state index in [9.17, 15) is 0 Å². The summed E-state index contributed by atoms with van der Waals surface area (Å²) in [6.45, 7) is 6.87. The predicted octanol–water partition coefficient (Wildman–Crippen LogP) is 2.92. The van der Waals surface area contributed by atoms with Gasteiger partial charge in [-0.2, -0.15) is 11.8 Å². The van der Waals surface area contributed by atoms with E-state index in [0.29, 0.717) is 11.5 Å². The normalized spacial score (nSPS) is 24.6. The largest absolute Gasteiger partial charge is 0.385 e. The molecule has 3 heteroatoms. The minimum absolute atomic E-state index is 0.484. The molecule has 16 heavy (non-hydrogen) atoms. The average Bonchev–Trinajstić information content (AvgIpc) is 2.25. The van der Waals surface area contributed by atoms with Crippen LogP contribution in [0.4, 0.5) is 0 Å². The number of thioether (sulfide) groups is 1. The van der Waals surface area contributed by atoms with E-state index in [2.05, 4.69) is 30.9 Å². The first-order valence-corrected chi connectivity index (χ1v) is 7.62. The van der Waals surface area contributed by atoms with Crippen molar-refractivity contribution in [3.8, 4) is 0 Å². The number of nitrogens with one attached hydrogen (secondary N) is 1. The van der Waals surface area contributed by atoms with Gasteiger partial charge in [0.25, 0.3) is 0 Å². The van der Waals surface area contributed by atoms with Gasteiger partial charge in [-0.25, -0.2) is 0 Å². The third kappa shape index (κ3) is 5.07. The van der Waals surface area contributed by atoms with Crippen molar-refractivity contribution < 1.29 is 4.74 Å². The van der Waals surface area contributed by atoms with Crippen molar-refractivity contribution in [2.24, 2.45) is 5.41 Å². The highest BCUT2D eigenvalue weighted by Gasteiger charge is 2.31. The number of unbranched alkanes of at least 4 members (excludes halogenated alkanes) is 2. The minimum Gasteiger partial charge on any atom is -0.385 e. The van der Waals surface area contributed by atoms with Crippen LogP contribution in [-0.2, 0) is 4.74 Å². The Morgan fingerprint density at radius 3 is 2.81 bits per heavy atom. The number of ether oxygens (including phenoxy) is 1. The Kier molecular flexibility index (Phi) is 6.78. The molecule has 1 atom stereocenters. The van der Waals surface area contributed by atoms with Crippen LogP contribution in [-0.4, -0.2) is 37.8 Å². The Balaban J connectivity index is 2.07. The lowest BCUT2D eigenvalue weighted by Gasteiger charge is -2.39. The van der Waals surface area contributed by atoms with Crippen LogP contribution in [0.15, 0.2) is 0 Å². The van der Waals surface area contributed by atoms with Gasteiger partial charge in [-0.05, 0) is 43.4 Å². The molecule has 96 valence electrons. The first kappa shape index (κ1) is 14.3. The van der Waals surface area contributed by atoms with Crippen molar-refractivity contribution in [3.05, 3.63) is 0 Å². The van der Waals surface area contributed by atoms with Gasteiger partial charge in [0.05, 0.1) is 0 Å². The summed E-state index contributed by atoms with van der Waals surface area (Å²) < 4.78 is 5.05. The molecule has 0 bridgehead atoms. The Bertz CT molecular complexity index is 185. The Morgan fingerprint density at radius 2 is 2.12 bits per heavy atom. The van der Waals surface area contributed by atoms with Crippen LogP contribution in [0.2, 0.25) is 0 Å². The van der Waals surface area contributed by atoms with Gasteiger partial charge in [0.15, 0.2) is 0 Å². The molecule has 1 heterocycles. The standard InChI is InChI=1S/C13H27NOS/c1-13(2)7-10-16-11-12(13)14-8-5-4-6-9-15-3/h12,14H,4-11H2,1-3H3. The van der Waals surface area contributed by atoms with Crippen molar-refractivity contribution in [1.82, 2.24) is 5.32 Å². The zero-order valence-corrected chi connectivity index (χ0v) is 11.9. The SMILES string of the molecule is COCCCCCNC1CSCCC1(C)C. The first-order chi connectivity index (χ1) is 7.67. The van der Waals surface area contributed by atoms with Crippen molar-refractivity contribution in [3.63, 3.8) is 0 Å². The van der Waals surface area contributed by atoms with E-state index >= 15 is 0 Å². The average molecular weight is 245 g/mol. The molecule has 0 aromatic rings. The molecule has 1 aliphatic heterocycles. The van der Waals surface area contributed by atoms with Crippen molar-refractivity contribution in [2.45, 2.75) is 45.6 Å². The summed E-state index contributed by atoms with van der Waals surface area (Å²) in [5, 5.41) is 3.73. The number of methoxy groups -OCH3 is 1. The van der Waals surface area contributed by atoms with Gasteiger partial charge >= 0.3 is 0 Å². The summed E-state index contributed by atoms with van der Waals surface area (Å²) in [5.41, 5.74) is 0.484. The highest BCUT2D eigenvalue weighted by atomic mass is 32.2. The molecule has 1 N–H and O–H groups in total. The molecule has 2 nitrogen and oxygen atoms in total. The van der Waals surface area contributed by atoms with Crippen LogP contribution >= 0.6 is 11.8 Å². The summed E-state index contributed by atoms with van der Waals surface area (Å²) in [7, 11) is 1.78. The second kappa shape index (κ2) is 7.57. The van der Waals surface area contributed by atoms with Gasteiger partial charge in [-0.15, -0.1) is 0 Å². The van der Waals surface area contributed by atoms with Gasteiger partial charge in [-0.1, -0.05) is 13.8 Å². The molecule has 1 aliphatic rings. The molecule has 0 aromatic heterocycles. The molecule has 1 unspecified atom stereocenters. The smallest absolute Gasteiger partial charge is 0.0462 e. The fourth-order valence-electron chi connectivity index (χ4n) is 2.10. The van der Waals surface area contributed by atoms with Gasteiger partial charge in [-0.3, -0.25) is 0 Å². The van der Waals surface area contributed by atoms with Gasteiger partial charge < -0.3 is 10.1 Å². The topological polar surface area (TPSA) is 21.3 Å². The number of hydrogen-bond acceptors (Lipinski definition) is 3. The molecule has 0 aliphatic carbocycles. The lowest BCUT2D eigenvalue weighted by atomic mass is 9.82. The molecule has 0 aromatic carbocycles. The van der Waals surface area contributed by atoms with Crippen molar-refractivity contribution >= 4 is 11.8 Å². The summed E-state index contributed by atoms with van der Waals surface area (Å²) >= 11 is 2.09. The van der Waals surface area contributed by atoms with E-state index in [0.717, 1.165) is 6.61 Å². The Morgan fingerprint density at radius 1 is 1.31 bits per heavy atom. The maximum Gasteiger partial charge on any atom is 0.0462 e. The third-order valence-electron chi connectivity index (χ3n) is 3.53. The molecule has 1 rings (SSSR count). The van der Waals surface area contributed by atoms with Crippen LogP contribution in [0.3, 0.4) is 0 Å². The molecule has 1 saturated heterocycles. The van der Waals surface area contributed by atoms with Crippen LogP contribution in [0.25, 0.3) is 0 Å². The maximum absolute atomic E-state index is 5.05. The summed E-state index contributed by atoms with van der Waals surface area (Å²) in [6, 6.07) is 0.702. The molecular weight excluding hydrogens is 218 g/mol. The quantitative estimate of drug-likeness (QED) is 0.697. The van der Waals surface area contributed by atoms with Gasteiger partial charge in [0.1, 0.15) is 0 Å². The fraction of sp³-hybridized carbons (Fsp3) is 1.00. The lowest BCUT2D eigenvalue weighted by molar-refractivity contribution is 0.191. The summed E-state index contributed by atoms with van der Waals surface area (Å²) in [5.74, 6) is 2.62. The summed E-state index contributed by atoms with van der Waals surface area (Å²) in [6.07, 6.45) is 5.10. The zero-order chi connectivity index (χ0) is 11.9. The van der Waals surface area contributed by atoms with E-state index in [1.807, 2.05) is 0 Å². The Hall–Kier alpha value is 0.270. The predicted molar refractivity (Wildman–Crippen MR) is 73.2 cm³/mol. The second-order valence-electron chi connectivity index (χ2n) is 5.37. The van der Waals surface area contributed by atoms with Gasteiger partial charge in [0, 0.05) is 25.5 Å². The highest BCUT2D eigenvalue weighted by molar-refractivity contribution is 7.99. The first-order valence-electron chi connectivity index (χ1n) is 6.47. The van der Waals surface area contributed by atoms with Crippen molar-refractivity contribution in [2.75, 3.05) is 31.8 Å².